The molecule has 6 heteroatoms. The zero-order valence-corrected chi connectivity index (χ0v) is 14.4. The van der Waals surface area contributed by atoms with Gasteiger partial charge in [-0.2, -0.15) is 0 Å². The van der Waals surface area contributed by atoms with Gasteiger partial charge in [-0.15, -0.1) is 0 Å². The van der Waals surface area contributed by atoms with Gasteiger partial charge in [0.05, 0.1) is 17.9 Å². The number of hydrogen-bond donors (Lipinski definition) is 0. The number of nitrogens with zero attached hydrogens (tertiary/aromatic N) is 3. The molecular weight excluding hydrogens is 294 g/mol. The van der Waals surface area contributed by atoms with E-state index in [4.69, 9.17) is 4.74 Å². The Hall–Kier alpha value is -1.14. The molecule has 0 aromatic heterocycles. The molecule has 23 heavy (non-hydrogen) atoms. The molecule has 0 N–H and O–H groups in total. The van der Waals surface area contributed by atoms with Crippen LogP contribution in [0.5, 0.6) is 0 Å². The van der Waals surface area contributed by atoms with Crippen LogP contribution in [0.25, 0.3) is 0 Å². The highest BCUT2D eigenvalue weighted by atomic mass is 16.5. The molecule has 0 saturated carbocycles. The number of likely N-dealkylation sites (N-methyl/N-ethyl adjacent to an activating group) is 1. The monoisotopic (exact) mass is 323 g/mol. The van der Waals surface area contributed by atoms with Crippen LogP contribution in [0, 0.1) is 11.3 Å². The van der Waals surface area contributed by atoms with Crippen molar-refractivity contribution in [2.45, 2.75) is 25.7 Å². The number of carbonyl (C=O) groups is 2. The number of piperidine rings is 1. The van der Waals surface area contributed by atoms with Gasteiger partial charge in [-0.25, -0.2) is 0 Å². The molecule has 2 amide bonds. The van der Waals surface area contributed by atoms with Crippen LogP contribution in [-0.4, -0.2) is 86.5 Å². The van der Waals surface area contributed by atoms with Crippen LogP contribution in [-0.2, 0) is 14.3 Å². The number of ether oxygens (including phenoxy) is 1. The fraction of sp³-hybridized carbons (Fsp3) is 0.882. The summed E-state index contributed by atoms with van der Waals surface area (Å²) in [5, 5.41) is 0. The summed E-state index contributed by atoms with van der Waals surface area (Å²) >= 11 is 0. The van der Waals surface area contributed by atoms with Gasteiger partial charge < -0.3 is 19.4 Å². The summed E-state index contributed by atoms with van der Waals surface area (Å²) in [6.07, 6.45) is 3.58. The second-order valence-electron chi connectivity index (χ2n) is 7.55. The van der Waals surface area contributed by atoms with Crippen molar-refractivity contribution in [1.82, 2.24) is 14.7 Å². The highest BCUT2D eigenvalue weighted by molar-refractivity contribution is 5.87. The van der Waals surface area contributed by atoms with E-state index < -0.39 is 0 Å². The number of amides is 2. The maximum absolute atomic E-state index is 12.9. The van der Waals surface area contributed by atoms with Crippen molar-refractivity contribution in [2.75, 3.05) is 60.0 Å². The predicted molar refractivity (Wildman–Crippen MR) is 86.9 cm³/mol. The Labute approximate surface area is 138 Å². The molecule has 0 aromatic carbocycles. The molecule has 0 radical (unpaired) electrons. The van der Waals surface area contributed by atoms with Gasteiger partial charge in [0.1, 0.15) is 0 Å². The molecular formula is C17H29N3O3. The van der Waals surface area contributed by atoms with E-state index in [1.165, 1.54) is 0 Å². The third kappa shape index (κ3) is 3.38. The van der Waals surface area contributed by atoms with Gasteiger partial charge >= 0.3 is 0 Å². The Morgan fingerprint density at radius 1 is 1.35 bits per heavy atom. The summed E-state index contributed by atoms with van der Waals surface area (Å²) in [7, 11) is 4.06. The molecule has 130 valence electrons. The molecule has 3 rings (SSSR count). The summed E-state index contributed by atoms with van der Waals surface area (Å²) in [5.74, 6) is 0.465. The van der Waals surface area contributed by atoms with Crippen molar-refractivity contribution in [1.29, 1.82) is 0 Å². The van der Waals surface area contributed by atoms with Crippen LogP contribution in [0.2, 0.25) is 0 Å². The molecule has 3 aliphatic rings. The van der Waals surface area contributed by atoms with Crippen LogP contribution in [0.1, 0.15) is 25.7 Å². The van der Waals surface area contributed by atoms with Crippen molar-refractivity contribution in [3.8, 4) is 0 Å². The predicted octanol–water partition coefficient (Wildman–Crippen LogP) is 0.426. The molecule has 2 atom stereocenters. The molecule has 6 nitrogen and oxygen atoms in total. The van der Waals surface area contributed by atoms with Crippen LogP contribution >= 0.6 is 0 Å². The SMILES string of the molecule is CN(C)CCN1CC[C@]2(CCCN(C(=O)[C@H]3CCOC3)C2)C1=O. The summed E-state index contributed by atoms with van der Waals surface area (Å²) in [5.41, 5.74) is -0.320. The maximum Gasteiger partial charge on any atom is 0.230 e. The van der Waals surface area contributed by atoms with Crippen molar-refractivity contribution in [2.24, 2.45) is 11.3 Å². The van der Waals surface area contributed by atoms with E-state index >= 15 is 0 Å². The van der Waals surface area contributed by atoms with Gasteiger partial charge in [0.2, 0.25) is 11.8 Å². The lowest BCUT2D eigenvalue weighted by Crippen LogP contribution is -2.51. The molecule has 3 heterocycles. The van der Waals surface area contributed by atoms with E-state index in [0.29, 0.717) is 19.8 Å². The van der Waals surface area contributed by atoms with Gasteiger partial charge in [-0.1, -0.05) is 0 Å². The first-order chi connectivity index (χ1) is 11.0. The lowest BCUT2D eigenvalue weighted by Gasteiger charge is -2.40. The second kappa shape index (κ2) is 6.77. The quantitative estimate of drug-likeness (QED) is 0.753. The smallest absolute Gasteiger partial charge is 0.230 e. The number of hydrogen-bond acceptors (Lipinski definition) is 4. The number of rotatable bonds is 4. The van der Waals surface area contributed by atoms with Crippen molar-refractivity contribution < 1.29 is 14.3 Å². The van der Waals surface area contributed by atoms with Gasteiger partial charge in [-0.05, 0) is 39.8 Å². The lowest BCUT2D eigenvalue weighted by atomic mass is 9.78. The first kappa shape index (κ1) is 16.7. The fourth-order valence-corrected chi connectivity index (χ4v) is 4.11. The zero-order chi connectivity index (χ0) is 16.4. The molecule has 3 saturated heterocycles. The van der Waals surface area contributed by atoms with E-state index in [1.807, 2.05) is 23.9 Å². The second-order valence-corrected chi connectivity index (χ2v) is 7.55. The minimum absolute atomic E-state index is 0.00602. The Bertz CT molecular complexity index is 462. The van der Waals surface area contributed by atoms with Gasteiger partial charge in [0, 0.05) is 39.3 Å². The van der Waals surface area contributed by atoms with E-state index in [9.17, 15) is 9.59 Å². The van der Waals surface area contributed by atoms with Crippen molar-refractivity contribution in [3.63, 3.8) is 0 Å². The first-order valence-electron chi connectivity index (χ1n) is 8.82. The Kier molecular flexibility index (Phi) is 4.92. The van der Waals surface area contributed by atoms with Gasteiger partial charge in [0.25, 0.3) is 0 Å². The van der Waals surface area contributed by atoms with E-state index in [0.717, 1.165) is 51.9 Å². The third-order valence-electron chi connectivity index (χ3n) is 5.59. The van der Waals surface area contributed by atoms with E-state index in [-0.39, 0.29) is 23.1 Å². The standard InChI is InChI=1S/C17H29N3O3/c1-18(2)9-10-19-8-6-17(16(19)22)5-3-7-20(13-17)15(21)14-4-11-23-12-14/h14H,3-13H2,1-2H3/t14-,17-/m0/s1. The lowest BCUT2D eigenvalue weighted by molar-refractivity contribution is -0.145. The van der Waals surface area contributed by atoms with Crippen LogP contribution in [0.15, 0.2) is 0 Å². The largest absolute Gasteiger partial charge is 0.381 e. The Morgan fingerprint density at radius 3 is 2.87 bits per heavy atom. The zero-order valence-electron chi connectivity index (χ0n) is 14.4. The first-order valence-corrected chi connectivity index (χ1v) is 8.82. The minimum Gasteiger partial charge on any atom is -0.381 e. The van der Waals surface area contributed by atoms with Gasteiger partial charge in [0.15, 0.2) is 0 Å². The molecule has 1 spiro atoms. The molecule has 0 bridgehead atoms. The summed E-state index contributed by atoms with van der Waals surface area (Å²) in [4.78, 5) is 31.6. The Morgan fingerprint density at radius 2 is 2.17 bits per heavy atom. The summed E-state index contributed by atoms with van der Waals surface area (Å²) in [6, 6.07) is 0. The average molecular weight is 323 g/mol. The minimum atomic E-state index is -0.320. The number of carbonyl (C=O) groups excluding carboxylic acids is 2. The number of likely N-dealkylation sites (tertiary alicyclic amines) is 2. The summed E-state index contributed by atoms with van der Waals surface area (Å²) in [6.45, 7) is 5.16. The Balaban J connectivity index is 1.63. The van der Waals surface area contributed by atoms with E-state index in [2.05, 4.69) is 4.90 Å². The third-order valence-corrected chi connectivity index (χ3v) is 5.59. The molecule has 0 aliphatic carbocycles. The van der Waals surface area contributed by atoms with Gasteiger partial charge in [-0.3, -0.25) is 9.59 Å². The molecule has 3 aliphatic heterocycles. The van der Waals surface area contributed by atoms with Crippen molar-refractivity contribution >= 4 is 11.8 Å². The molecule has 0 unspecified atom stereocenters. The summed E-state index contributed by atoms with van der Waals surface area (Å²) < 4.78 is 5.35. The maximum atomic E-state index is 12.9. The highest BCUT2D eigenvalue weighted by Crippen LogP contribution is 2.40. The molecule has 3 fully saturated rings. The van der Waals surface area contributed by atoms with Crippen LogP contribution in [0.3, 0.4) is 0 Å². The van der Waals surface area contributed by atoms with Crippen LogP contribution < -0.4 is 0 Å². The topological polar surface area (TPSA) is 53.1 Å². The van der Waals surface area contributed by atoms with E-state index in [1.54, 1.807) is 0 Å². The molecule has 0 aromatic rings. The highest BCUT2D eigenvalue weighted by Gasteiger charge is 2.49. The normalized spacial score (nSPS) is 31.6. The van der Waals surface area contributed by atoms with Crippen LogP contribution in [0.4, 0.5) is 0 Å². The fourth-order valence-electron chi connectivity index (χ4n) is 4.11. The average Bonchev–Trinajstić information content (AvgIpc) is 3.16. The van der Waals surface area contributed by atoms with Crippen molar-refractivity contribution in [3.05, 3.63) is 0 Å².